The molecule has 4 rings (SSSR count). The maximum atomic E-state index is 12.3. The first kappa shape index (κ1) is 20.4. The third kappa shape index (κ3) is 4.47. The fourth-order valence-electron chi connectivity index (χ4n) is 4.10. The average Bonchev–Trinajstić information content (AvgIpc) is 3.38. The van der Waals surface area contributed by atoms with Crippen molar-refractivity contribution in [1.82, 2.24) is 5.32 Å². The summed E-state index contributed by atoms with van der Waals surface area (Å²) in [5.41, 5.74) is 4.50. The van der Waals surface area contributed by atoms with Crippen molar-refractivity contribution in [3.8, 4) is 11.1 Å². The number of ether oxygens (including phenoxy) is 3. The highest BCUT2D eigenvalue weighted by atomic mass is 16.7. The van der Waals surface area contributed by atoms with Crippen molar-refractivity contribution in [3.63, 3.8) is 0 Å². The second-order valence-electron chi connectivity index (χ2n) is 7.46. The lowest BCUT2D eigenvalue weighted by Crippen LogP contribution is -2.41. The summed E-state index contributed by atoms with van der Waals surface area (Å²) in [6, 6.07) is 15.1. The van der Waals surface area contributed by atoms with Crippen LogP contribution in [0.25, 0.3) is 11.1 Å². The van der Waals surface area contributed by atoms with Crippen LogP contribution < -0.4 is 5.32 Å². The Morgan fingerprint density at radius 3 is 2.23 bits per heavy atom. The molecular weight excluding hydrogens is 386 g/mol. The van der Waals surface area contributed by atoms with Gasteiger partial charge in [-0.15, -0.1) is 0 Å². The minimum atomic E-state index is -1.09. The SMILES string of the molecule is O=C(NC(CCCC1OCCO1)C(=O)O)OCC1c2ccccc2-c2ccccc21. The standard InChI is InChI=1S/C23H25NO6/c25-22(26)20(10-5-11-21-28-12-13-29-21)24-23(27)30-14-19-17-8-3-1-6-15(17)16-7-2-4-9-18(16)19/h1-4,6-9,19-21H,5,10-14H2,(H,24,27)(H,25,26). The Morgan fingerprint density at radius 2 is 1.63 bits per heavy atom. The maximum Gasteiger partial charge on any atom is 0.407 e. The highest BCUT2D eigenvalue weighted by Crippen LogP contribution is 2.44. The van der Waals surface area contributed by atoms with Crippen LogP contribution in [0.2, 0.25) is 0 Å². The number of rotatable bonds is 8. The minimum Gasteiger partial charge on any atom is -0.480 e. The molecule has 2 aromatic rings. The van der Waals surface area contributed by atoms with Gasteiger partial charge in [-0.2, -0.15) is 0 Å². The van der Waals surface area contributed by atoms with E-state index in [1.54, 1.807) is 0 Å². The van der Waals surface area contributed by atoms with Crippen LogP contribution in [0, 0.1) is 0 Å². The molecule has 0 saturated carbocycles. The van der Waals surface area contributed by atoms with E-state index in [-0.39, 0.29) is 25.2 Å². The second-order valence-corrected chi connectivity index (χ2v) is 7.46. The number of hydrogen-bond acceptors (Lipinski definition) is 5. The van der Waals surface area contributed by atoms with E-state index >= 15 is 0 Å². The third-order valence-electron chi connectivity index (χ3n) is 5.56. The van der Waals surface area contributed by atoms with E-state index in [1.807, 2.05) is 36.4 Å². The van der Waals surface area contributed by atoms with Crippen molar-refractivity contribution in [1.29, 1.82) is 0 Å². The van der Waals surface area contributed by atoms with E-state index in [1.165, 1.54) is 0 Å². The summed E-state index contributed by atoms with van der Waals surface area (Å²) in [5, 5.41) is 11.9. The van der Waals surface area contributed by atoms with Gasteiger partial charge in [-0.05, 0) is 41.5 Å². The largest absolute Gasteiger partial charge is 0.480 e. The lowest BCUT2D eigenvalue weighted by atomic mass is 9.98. The first-order chi connectivity index (χ1) is 14.6. The maximum absolute atomic E-state index is 12.3. The lowest BCUT2D eigenvalue weighted by Gasteiger charge is -2.18. The van der Waals surface area contributed by atoms with Crippen molar-refractivity contribution >= 4 is 12.1 Å². The summed E-state index contributed by atoms with van der Waals surface area (Å²) in [4.78, 5) is 23.8. The molecule has 1 heterocycles. The van der Waals surface area contributed by atoms with Crippen molar-refractivity contribution < 1.29 is 28.9 Å². The zero-order chi connectivity index (χ0) is 20.9. The number of carbonyl (C=O) groups excluding carboxylic acids is 1. The van der Waals surface area contributed by atoms with E-state index < -0.39 is 18.1 Å². The van der Waals surface area contributed by atoms with Crippen LogP contribution in [0.1, 0.15) is 36.3 Å². The molecule has 0 radical (unpaired) electrons. The molecule has 1 atom stereocenters. The number of carbonyl (C=O) groups is 2. The molecule has 0 bridgehead atoms. The molecule has 1 saturated heterocycles. The number of nitrogens with one attached hydrogen (secondary N) is 1. The summed E-state index contributed by atoms with van der Waals surface area (Å²) >= 11 is 0. The first-order valence-electron chi connectivity index (χ1n) is 10.2. The molecule has 7 nitrogen and oxygen atoms in total. The van der Waals surface area contributed by atoms with Gasteiger partial charge in [0.1, 0.15) is 12.6 Å². The number of alkyl carbamates (subject to hydrolysis) is 1. The van der Waals surface area contributed by atoms with Gasteiger partial charge in [-0.25, -0.2) is 9.59 Å². The van der Waals surface area contributed by atoms with E-state index in [0.717, 1.165) is 22.3 Å². The Morgan fingerprint density at radius 1 is 1.03 bits per heavy atom. The first-order valence-corrected chi connectivity index (χ1v) is 10.2. The van der Waals surface area contributed by atoms with Gasteiger partial charge in [0, 0.05) is 5.92 Å². The molecule has 0 spiro atoms. The van der Waals surface area contributed by atoms with Crippen molar-refractivity contribution in [2.75, 3.05) is 19.8 Å². The summed E-state index contributed by atoms with van der Waals surface area (Å²) in [6.45, 7) is 1.27. The highest BCUT2D eigenvalue weighted by molar-refractivity contribution is 5.81. The fraction of sp³-hybridized carbons (Fsp3) is 0.391. The number of carboxylic acid groups (broad SMARTS) is 1. The van der Waals surface area contributed by atoms with Gasteiger partial charge in [0.05, 0.1) is 13.2 Å². The van der Waals surface area contributed by atoms with Crippen LogP contribution in [0.5, 0.6) is 0 Å². The van der Waals surface area contributed by atoms with E-state index in [4.69, 9.17) is 14.2 Å². The molecule has 2 N–H and O–H groups in total. The Bertz CT molecular complexity index is 863. The Labute approximate surface area is 174 Å². The third-order valence-corrected chi connectivity index (χ3v) is 5.56. The molecule has 0 aromatic heterocycles. The number of fused-ring (bicyclic) bond motifs is 3. The van der Waals surface area contributed by atoms with Crippen molar-refractivity contribution in [2.45, 2.75) is 37.5 Å². The predicted octanol–water partition coefficient (Wildman–Crippen LogP) is 3.52. The minimum absolute atomic E-state index is 0.0666. The predicted molar refractivity (Wildman–Crippen MR) is 109 cm³/mol. The topological polar surface area (TPSA) is 94.1 Å². The van der Waals surface area contributed by atoms with Gasteiger partial charge < -0.3 is 24.6 Å². The Balaban J connectivity index is 1.33. The Kier molecular flexibility index (Phi) is 6.30. The molecule has 2 aromatic carbocycles. The van der Waals surface area contributed by atoms with E-state index in [2.05, 4.69) is 17.4 Å². The van der Waals surface area contributed by atoms with Crippen LogP contribution in [0.3, 0.4) is 0 Å². The van der Waals surface area contributed by atoms with E-state index in [0.29, 0.717) is 26.1 Å². The van der Waals surface area contributed by atoms with Crippen LogP contribution in [-0.2, 0) is 19.0 Å². The molecular formula is C23H25NO6. The number of aliphatic carboxylic acids is 1. The van der Waals surface area contributed by atoms with Gasteiger partial charge in [-0.1, -0.05) is 48.5 Å². The zero-order valence-corrected chi connectivity index (χ0v) is 16.6. The summed E-state index contributed by atoms with van der Waals surface area (Å²) in [5.74, 6) is -1.15. The van der Waals surface area contributed by atoms with Crippen LogP contribution in [0.15, 0.2) is 48.5 Å². The van der Waals surface area contributed by atoms with Crippen LogP contribution in [-0.4, -0.2) is 49.3 Å². The van der Waals surface area contributed by atoms with Crippen LogP contribution >= 0.6 is 0 Å². The van der Waals surface area contributed by atoms with Crippen molar-refractivity contribution in [3.05, 3.63) is 59.7 Å². The quantitative estimate of drug-likeness (QED) is 0.690. The van der Waals surface area contributed by atoms with Gasteiger partial charge in [0.25, 0.3) is 0 Å². The van der Waals surface area contributed by atoms with Crippen molar-refractivity contribution in [2.24, 2.45) is 0 Å². The molecule has 1 unspecified atom stereocenters. The van der Waals surface area contributed by atoms with Gasteiger partial charge in [-0.3, -0.25) is 0 Å². The van der Waals surface area contributed by atoms with Gasteiger partial charge in [0.2, 0.25) is 0 Å². The summed E-state index contributed by atoms with van der Waals surface area (Å²) < 4.78 is 16.1. The molecule has 7 heteroatoms. The number of hydrogen-bond donors (Lipinski definition) is 2. The normalized spacial score (nSPS) is 16.7. The smallest absolute Gasteiger partial charge is 0.407 e. The van der Waals surface area contributed by atoms with Crippen LogP contribution in [0.4, 0.5) is 4.79 Å². The molecule has 158 valence electrons. The lowest BCUT2D eigenvalue weighted by molar-refractivity contribution is -0.139. The molecule has 2 aliphatic rings. The molecule has 1 aliphatic carbocycles. The summed E-state index contributed by atoms with van der Waals surface area (Å²) in [7, 11) is 0. The summed E-state index contributed by atoms with van der Waals surface area (Å²) in [6.07, 6.45) is 0.427. The van der Waals surface area contributed by atoms with E-state index in [9.17, 15) is 14.7 Å². The number of amides is 1. The monoisotopic (exact) mass is 411 g/mol. The highest BCUT2D eigenvalue weighted by Gasteiger charge is 2.29. The number of carboxylic acids is 1. The Hall–Kier alpha value is -2.90. The fourth-order valence-corrected chi connectivity index (χ4v) is 4.10. The average molecular weight is 411 g/mol. The number of benzene rings is 2. The molecule has 1 aliphatic heterocycles. The second kappa shape index (κ2) is 9.28. The van der Waals surface area contributed by atoms with Gasteiger partial charge >= 0.3 is 12.1 Å². The molecule has 1 fully saturated rings. The molecule has 1 amide bonds. The zero-order valence-electron chi connectivity index (χ0n) is 16.6. The van der Waals surface area contributed by atoms with Gasteiger partial charge in [0.15, 0.2) is 6.29 Å². The molecule has 30 heavy (non-hydrogen) atoms.